The summed E-state index contributed by atoms with van der Waals surface area (Å²) < 4.78 is 4.70. The molecule has 0 radical (unpaired) electrons. The van der Waals surface area contributed by atoms with Crippen molar-refractivity contribution in [2.24, 2.45) is 5.92 Å². The number of anilines is 1. The molecule has 110 valence electrons. The van der Waals surface area contributed by atoms with Crippen LogP contribution in [0.4, 0.5) is 10.5 Å². The summed E-state index contributed by atoms with van der Waals surface area (Å²) in [6.45, 7) is 3.82. The van der Waals surface area contributed by atoms with Crippen molar-refractivity contribution < 1.29 is 14.3 Å². The highest BCUT2D eigenvalue weighted by atomic mass is 35.5. The lowest BCUT2D eigenvalue weighted by Crippen LogP contribution is -2.47. The fourth-order valence-electron chi connectivity index (χ4n) is 1.67. The third kappa shape index (κ3) is 4.74. The molecular formula is C14H19ClN2O3. The molecule has 0 heterocycles. The summed E-state index contributed by atoms with van der Waals surface area (Å²) in [4.78, 5) is 23.6. The van der Waals surface area contributed by atoms with Crippen molar-refractivity contribution >= 4 is 29.3 Å². The molecule has 0 bridgehead atoms. The molecule has 5 nitrogen and oxygen atoms in total. The first-order chi connectivity index (χ1) is 9.47. The molecule has 2 amide bonds. The van der Waals surface area contributed by atoms with E-state index in [2.05, 4.69) is 10.6 Å². The Balaban J connectivity index is 2.69. The van der Waals surface area contributed by atoms with Gasteiger partial charge in [0.1, 0.15) is 6.04 Å². The Morgan fingerprint density at radius 1 is 1.40 bits per heavy atom. The number of ether oxygens (including phenoxy) is 1. The fraction of sp³-hybridized carbons (Fsp3) is 0.429. The molecule has 6 heteroatoms. The van der Waals surface area contributed by atoms with Gasteiger partial charge in [0.15, 0.2) is 0 Å². The van der Waals surface area contributed by atoms with E-state index in [0.29, 0.717) is 10.7 Å². The summed E-state index contributed by atoms with van der Waals surface area (Å²) >= 11 is 5.83. The number of carbonyl (C=O) groups is 2. The van der Waals surface area contributed by atoms with Crippen molar-refractivity contribution in [1.29, 1.82) is 0 Å². The largest absolute Gasteiger partial charge is 0.467 e. The molecule has 0 fully saturated rings. The Kier molecular flexibility index (Phi) is 6.31. The molecule has 20 heavy (non-hydrogen) atoms. The predicted molar refractivity (Wildman–Crippen MR) is 78.9 cm³/mol. The fourth-order valence-corrected chi connectivity index (χ4v) is 1.86. The molecule has 2 atom stereocenters. The van der Waals surface area contributed by atoms with Crippen molar-refractivity contribution in [3.63, 3.8) is 0 Å². The van der Waals surface area contributed by atoms with Gasteiger partial charge in [0.2, 0.25) is 0 Å². The van der Waals surface area contributed by atoms with E-state index in [-0.39, 0.29) is 5.92 Å². The Morgan fingerprint density at radius 3 is 2.65 bits per heavy atom. The molecule has 0 saturated heterocycles. The molecular weight excluding hydrogens is 280 g/mol. The molecule has 2 N–H and O–H groups in total. The zero-order chi connectivity index (χ0) is 15.1. The maximum absolute atomic E-state index is 11.9. The number of esters is 1. The van der Waals surface area contributed by atoms with Crippen LogP contribution in [0.2, 0.25) is 5.02 Å². The second-order valence-corrected chi connectivity index (χ2v) is 4.93. The van der Waals surface area contributed by atoms with Gasteiger partial charge in [0.25, 0.3) is 0 Å². The van der Waals surface area contributed by atoms with E-state index in [1.54, 1.807) is 24.3 Å². The Morgan fingerprint density at radius 2 is 2.10 bits per heavy atom. The minimum absolute atomic E-state index is 0.0208. The molecule has 1 aromatic rings. The zero-order valence-corrected chi connectivity index (χ0v) is 12.5. The zero-order valence-electron chi connectivity index (χ0n) is 11.8. The molecule has 0 spiro atoms. The third-order valence-electron chi connectivity index (χ3n) is 3.04. The van der Waals surface area contributed by atoms with Crippen molar-refractivity contribution in [2.45, 2.75) is 26.3 Å². The van der Waals surface area contributed by atoms with E-state index in [0.717, 1.165) is 6.42 Å². The first kappa shape index (κ1) is 16.3. The standard InChI is InChI=1S/C14H19ClN2O3/c1-4-9(2)12(13(18)20-3)17-14(19)16-11-7-5-6-10(15)8-11/h5-9,12H,4H2,1-3H3,(H2,16,17,19)/t9-,12+/m0/s1. The quantitative estimate of drug-likeness (QED) is 0.821. The van der Waals surface area contributed by atoms with Crippen LogP contribution in [-0.2, 0) is 9.53 Å². The lowest BCUT2D eigenvalue weighted by Gasteiger charge is -2.22. The second-order valence-electron chi connectivity index (χ2n) is 4.50. The lowest BCUT2D eigenvalue weighted by molar-refractivity contribution is -0.144. The molecule has 0 aliphatic carbocycles. The van der Waals surface area contributed by atoms with Gasteiger partial charge in [-0.1, -0.05) is 37.9 Å². The van der Waals surface area contributed by atoms with E-state index in [1.807, 2.05) is 13.8 Å². The number of urea groups is 1. The van der Waals surface area contributed by atoms with Crippen LogP contribution in [0.1, 0.15) is 20.3 Å². The summed E-state index contributed by atoms with van der Waals surface area (Å²) in [6, 6.07) is 5.62. The van der Waals surface area contributed by atoms with Crippen LogP contribution in [0.25, 0.3) is 0 Å². The summed E-state index contributed by atoms with van der Waals surface area (Å²) in [5.41, 5.74) is 0.558. The number of carbonyl (C=O) groups excluding carboxylic acids is 2. The van der Waals surface area contributed by atoms with Gasteiger partial charge in [-0.15, -0.1) is 0 Å². The molecule has 0 unspecified atom stereocenters. The highest BCUT2D eigenvalue weighted by Gasteiger charge is 2.26. The maximum atomic E-state index is 11.9. The number of amides is 2. The monoisotopic (exact) mass is 298 g/mol. The van der Waals surface area contributed by atoms with Crippen LogP contribution < -0.4 is 10.6 Å². The van der Waals surface area contributed by atoms with Crippen molar-refractivity contribution in [3.05, 3.63) is 29.3 Å². The van der Waals surface area contributed by atoms with Crippen LogP contribution in [0, 0.1) is 5.92 Å². The van der Waals surface area contributed by atoms with Gasteiger partial charge in [0, 0.05) is 10.7 Å². The maximum Gasteiger partial charge on any atom is 0.328 e. The molecule has 0 saturated carbocycles. The van der Waals surface area contributed by atoms with E-state index < -0.39 is 18.0 Å². The van der Waals surface area contributed by atoms with Gasteiger partial charge in [-0.05, 0) is 24.1 Å². The Hall–Kier alpha value is -1.75. The number of benzene rings is 1. The number of methoxy groups -OCH3 is 1. The average Bonchev–Trinajstić information content (AvgIpc) is 2.43. The minimum Gasteiger partial charge on any atom is -0.467 e. The lowest BCUT2D eigenvalue weighted by atomic mass is 9.99. The number of halogens is 1. The van der Waals surface area contributed by atoms with E-state index >= 15 is 0 Å². The topological polar surface area (TPSA) is 67.4 Å². The molecule has 0 aliphatic rings. The van der Waals surface area contributed by atoms with Crippen LogP contribution >= 0.6 is 11.6 Å². The van der Waals surface area contributed by atoms with Crippen LogP contribution in [0.15, 0.2) is 24.3 Å². The Bertz CT molecular complexity index is 479. The molecule has 0 aliphatic heterocycles. The predicted octanol–water partition coefficient (Wildman–Crippen LogP) is 3.05. The van der Waals surface area contributed by atoms with Gasteiger partial charge < -0.3 is 15.4 Å². The van der Waals surface area contributed by atoms with Crippen LogP contribution in [-0.4, -0.2) is 25.2 Å². The van der Waals surface area contributed by atoms with Gasteiger partial charge in [-0.2, -0.15) is 0 Å². The highest BCUT2D eigenvalue weighted by molar-refractivity contribution is 6.30. The minimum atomic E-state index is -0.677. The SMILES string of the molecule is CC[C@H](C)[C@@H](NC(=O)Nc1cccc(Cl)c1)C(=O)OC. The second kappa shape index (κ2) is 7.75. The molecule has 0 aromatic heterocycles. The number of hydrogen-bond donors (Lipinski definition) is 2. The average molecular weight is 299 g/mol. The van der Waals surface area contributed by atoms with Crippen molar-refractivity contribution in [1.82, 2.24) is 5.32 Å². The van der Waals surface area contributed by atoms with Crippen molar-refractivity contribution in [2.75, 3.05) is 12.4 Å². The van der Waals surface area contributed by atoms with Gasteiger partial charge in [0.05, 0.1) is 7.11 Å². The van der Waals surface area contributed by atoms with E-state index in [4.69, 9.17) is 16.3 Å². The molecule has 1 aromatic carbocycles. The third-order valence-corrected chi connectivity index (χ3v) is 3.27. The smallest absolute Gasteiger partial charge is 0.328 e. The van der Waals surface area contributed by atoms with Gasteiger partial charge >= 0.3 is 12.0 Å². The van der Waals surface area contributed by atoms with Crippen LogP contribution in [0.3, 0.4) is 0 Å². The summed E-state index contributed by atoms with van der Waals surface area (Å²) in [5.74, 6) is -0.479. The summed E-state index contributed by atoms with van der Waals surface area (Å²) in [6.07, 6.45) is 0.747. The van der Waals surface area contributed by atoms with E-state index in [9.17, 15) is 9.59 Å². The van der Waals surface area contributed by atoms with Crippen LogP contribution in [0.5, 0.6) is 0 Å². The normalized spacial score (nSPS) is 13.2. The van der Waals surface area contributed by atoms with Gasteiger partial charge in [-0.3, -0.25) is 0 Å². The number of hydrogen-bond acceptors (Lipinski definition) is 3. The molecule has 1 rings (SSSR count). The highest BCUT2D eigenvalue weighted by Crippen LogP contribution is 2.15. The summed E-state index contributed by atoms with van der Waals surface area (Å²) in [5, 5.41) is 5.77. The van der Waals surface area contributed by atoms with Gasteiger partial charge in [-0.25, -0.2) is 9.59 Å². The summed E-state index contributed by atoms with van der Waals surface area (Å²) in [7, 11) is 1.30. The number of nitrogens with one attached hydrogen (secondary N) is 2. The number of rotatable bonds is 5. The van der Waals surface area contributed by atoms with Crippen molar-refractivity contribution in [3.8, 4) is 0 Å². The first-order valence-electron chi connectivity index (χ1n) is 6.38. The Labute approximate surface area is 123 Å². The first-order valence-corrected chi connectivity index (χ1v) is 6.76. The van der Waals surface area contributed by atoms with E-state index in [1.165, 1.54) is 7.11 Å².